The molecule has 4 heteroatoms. The highest BCUT2D eigenvalue weighted by Gasteiger charge is 2.24. The molecule has 0 bridgehead atoms. The van der Waals surface area contributed by atoms with Crippen LogP contribution in [0.5, 0.6) is 0 Å². The Morgan fingerprint density at radius 2 is 2.24 bits per heavy atom. The van der Waals surface area contributed by atoms with E-state index in [1.807, 2.05) is 6.07 Å². The van der Waals surface area contributed by atoms with Gasteiger partial charge in [-0.1, -0.05) is 17.9 Å². The molecule has 3 nitrogen and oxygen atoms in total. The minimum absolute atomic E-state index is 0.0360. The van der Waals surface area contributed by atoms with E-state index < -0.39 is 0 Å². The topological polar surface area (TPSA) is 26.7 Å². The van der Waals surface area contributed by atoms with Crippen LogP contribution >= 0.6 is 0 Å². The van der Waals surface area contributed by atoms with E-state index in [9.17, 15) is 4.39 Å². The standard InChI is InChI=1S/C17H23FN2O/c1-19(2)17-8-9-20(13-17)12-15-6-7-16(18)11-14(15)5-3-4-10-21/h6-7,11,17,21H,4,8-10,12-13H2,1-2H3. The van der Waals surface area contributed by atoms with E-state index in [1.165, 1.54) is 18.6 Å². The molecule has 0 radical (unpaired) electrons. The summed E-state index contributed by atoms with van der Waals surface area (Å²) in [6.07, 6.45) is 1.59. The van der Waals surface area contributed by atoms with Gasteiger partial charge in [0.2, 0.25) is 0 Å². The fourth-order valence-corrected chi connectivity index (χ4v) is 2.63. The summed E-state index contributed by atoms with van der Waals surface area (Å²) in [7, 11) is 4.22. The molecule has 2 rings (SSSR count). The predicted molar refractivity (Wildman–Crippen MR) is 82.3 cm³/mol. The monoisotopic (exact) mass is 290 g/mol. The van der Waals surface area contributed by atoms with Crippen molar-refractivity contribution in [2.75, 3.05) is 33.8 Å². The molecular formula is C17H23FN2O. The van der Waals surface area contributed by atoms with Gasteiger partial charge >= 0.3 is 0 Å². The summed E-state index contributed by atoms with van der Waals surface area (Å²) in [5.41, 5.74) is 1.79. The smallest absolute Gasteiger partial charge is 0.124 e. The Bertz CT molecular complexity index is 533. The van der Waals surface area contributed by atoms with Crippen molar-refractivity contribution in [3.63, 3.8) is 0 Å². The predicted octanol–water partition coefficient (Wildman–Crippen LogP) is 1.70. The largest absolute Gasteiger partial charge is 0.395 e. The van der Waals surface area contributed by atoms with Gasteiger partial charge in [-0.3, -0.25) is 4.90 Å². The molecule has 21 heavy (non-hydrogen) atoms. The summed E-state index contributed by atoms with van der Waals surface area (Å²) in [6, 6.07) is 5.39. The number of nitrogens with zero attached hydrogens (tertiary/aromatic N) is 2. The molecule has 1 N–H and O–H groups in total. The molecule has 1 saturated heterocycles. The Morgan fingerprint density at radius 1 is 1.43 bits per heavy atom. The van der Waals surface area contributed by atoms with Gasteiger partial charge in [-0.2, -0.15) is 0 Å². The first kappa shape index (κ1) is 16.0. The fourth-order valence-electron chi connectivity index (χ4n) is 2.63. The van der Waals surface area contributed by atoms with Crippen LogP contribution < -0.4 is 0 Å². The van der Waals surface area contributed by atoms with Gasteiger partial charge in [0.05, 0.1) is 6.61 Å². The Morgan fingerprint density at radius 3 is 2.90 bits per heavy atom. The lowest BCUT2D eigenvalue weighted by Crippen LogP contribution is -2.31. The summed E-state index contributed by atoms with van der Waals surface area (Å²) < 4.78 is 13.4. The number of aliphatic hydroxyl groups is 1. The van der Waals surface area contributed by atoms with Gasteiger partial charge in [-0.25, -0.2) is 4.39 Å². The number of benzene rings is 1. The van der Waals surface area contributed by atoms with E-state index in [-0.39, 0.29) is 12.4 Å². The first-order valence-electron chi connectivity index (χ1n) is 7.37. The average Bonchev–Trinajstić information content (AvgIpc) is 2.91. The lowest BCUT2D eigenvalue weighted by molar-refractivity contribution is 0.264. The van der Waals surface area contributed by atoms with Crippen LogP contribution in [-0.2, 0) is 6.54 Å². The second-order valence-corrected chi connectivity index (χ2v) is 5.72. The van der Waals surface area contributed by atoms with Gasteiger partial charge in [0.25, 0.3) is 0 Å². The van der Waals surface area contributed by atoms with Crippen LogP contribution in [0.1, 0.15) is 24.0 Å². The number of hydrogen-bond acceptors (Lipinski definition) is 3. The Kier molecular flexibility index (Phi) is 5.75. The third kappa shape index (κ3) is 4.53. The third-order valence-corrected chi connectivity index (χ3v) is 3.90. The molecule has 0 spiro atoms. The Labute approximate surface area is 126 Å². The number of hydrogen-bond donors (Lipinski definition) is 1. The zero-order valence-electron chi connectivity index (χ0n) is 12.8. The molecule has 1 aliphatic rings. The van der Waals surface area contributed by atoms with E-state index in [1.54, 1.807) is 0 Å². The number of halogens is 1. The molecule has 0 aliphatic carbocycles. The van der Waals surface area contributed by atoms with Crippen molar-refractivity contribution in [1.82, 2.24) is 9.80 Å². The van der Waals surface area contributed by atoms with Gasteiger partial charge in [0.15, 0.2) is 0 Å². The van der Waals surface area contributed by atoms with E-state index in [4.69, 9.17) is 5.11 Å². The van der Waals surface area contributed by atoms with Gasteiger partial charge < -0.3 is 10.0 Å². The molecule has 1 aromatic rings. The van der Waals surface area contributed by atoms with E-state index in [0.29, 0.717) is 12.5 Å². The summed E-state index contributed by atoms with van der Waals surface area (Å²) in [4.78, 5) is 4.64. The van der Waals surface area contributed by atoms with E-state index in [0.717, 1.165) is 30.8 Å². The number of likely N-dealkylation sites (N-methyl/N-ethyl adjacent to an activating group) is 1. The SMILES string of the molecule is CN(C)C1CCN(Cc2ccc(F)cc2C#CCCO)C1. The normalized spacial score (nSPS) is 18.8. The average molecular weight is 290 g/mol. The van der Waals surface area contributed by atoms with Crippen molar-refractivity contribution in [2.45, 2.75) is 25.4 Å². The molecule has 1 unspecified atom stereocenters. The van der Waals surface area contributed by atoms with Gasteiger partial charge in [0, 0.05) is 37.7 Å². The molecule has 0 saturated carbocycles. The second kappa shape index (κ2) is 7.56. The van der Waals surface area contributed by atoms with Crippen LogP contribution in [0.25, 0.3) is 0 Å². The molecule has 1 atom stereocenters. The molecular weight excluding hydrogens is 267 g/mol. The zero-order chi connectivity index (χ0) is 15.2. The first-order chi connectivity index (χ1) is 10.1. The van der Waals surface area contributed by atoms with Gasteiger partial charge in [-0.15, -0.1) is 0 Å². The Hall–Kier alpha value is -1.41. The van der Waals surface area contributed by atoms with Crippen molar-refractivity contribution in [3.05, 3.63) is 35.1 Å². The summed E-state index contributed by atoms with van der Waals surface area (Å²) in [5.74, 6) is 5.59. The molecule has 1 fully saturated rings. The number of likely N-dealkylation sites (tertiary alicyclic amines) is 1. The summed E-state index contributed by atoms with van der Waals surface area (Å²) in [6.45, 7) is 2.93. The van der Waals surface area contributed by atoms with Crippen LogP contribution in [0.2, 0.25) is 0 Å². The summed E-state index contributed by atoms with van der Waals surface area (Å²) >= 11 is 0. The zero-order valence-corrected chi connectivity index (χ0v) is 12.8. The highest BCUT2D eigenvalue weighted by molar-refractivity contribution is 5.41. The molecule has 114 valence electrons. The molecule has 1 heterocycles. The van der Waals surface area contributed by atoms with Gasteiger partial charge in [0.1, 0.15) is 5.82 Å². The van der Waals surface area contributed by atoms with E-state index >= 15 is 0 Å². The summed E-state index contributed by atoms with van der Waals surface area (Å²) in [5, 5.41) is 8.79. The van der Waals surface area contributed by atoms with Crippen LogP contribution in [0, 0.1) is 17.7 Å². The molecule has 1 aromatic carbocycles. The maximum absolute atomic E-state index is 13.4. The van der Waals surface area contributed by atoms with Crippen LogP contribution in [-0.4, -0.2) is 54.7 Å². The third-order valence-electron chi connectivity index (χ3n) is 3.90. The first-order valence-corrected chi connectivity index (χ1v) is 7.37. The quantitative estimate of drug-likeness (QED) is 0.855. The molecule has 0 aromatic heterocycles. The van der Waals surface area contributed by atoms with Crippen LogP contribution in [0.4, 0.5) is 4.39 Å². The van der Waals surface area contributed by atoms with Crippen molar-refractivity contribution in [2.24, 2.45) is 0 Å². The number of aliphatic hydroxyl groups excluding tert-OH is 1. The van der Waals surface area contributed by atoms with Crippen LogP contribution in [0.3, 0.4) is 0 Å². The van der Waals surface area contributed by atoms with Crippen molar-refractivity contribution >= 4 is 0 Å². The minimum Gasteiger partial charge on any atom is -0.395 e. The lowest BCUT2D eigenvalue weighted by Gasteiger charge is -2.20. The van der Waals surface area contributed by atoms with Crippen LogP contribution in [0.15, 0.2) is 18.2 Å². The number of rotatable bonds is 4. The van der Waals surface area contributed by atoms with E-state index in [2.05, 4.69) is 35.7 Å². The fraction of sp³-hybridized carbons (Fsp3) is 0.529. The minimum atomic E-state index is -0.264. The molecule has 0 amide bonds. The Balaban J connectivity index is 2.08. The lowest BCUT2D eigenvalue weighted by atomic mass is 10.1. The highest BCUT2D eigenvalue weighted by atomic mass is 19.1. The molecule has 1 aliphatic heterocycles. The van der Waals surface area contributed by atoms with Gasteiger partial charge in [-0.05, 0) is 38.2 Å². The second-order valence-electron chi connectivity index (χ2n) is 5.72. The highest BCUT2D eigenvalue weighted by Crippen LogP contribution is 2.19. The van der Waals surface area contributed by atoms with Crippen molar-refractivity contribution < 1.29 is 9.50 Å². The maximum atomic E-state index is 13.4. The maximum Gasteiger partial charge on any atom is 0.124 e. The van der Waals surface area contributed by atoms with Crippen molar-refractivity contribution in [1.29, 1.82) is 0 Å². The van der Waals surface area contributed by atoms with Crippen molar-refractivity contribution in [3.8, 4) is 11.8 Å².